The van der Waals surface area contributed by atoms with E-state index in [0.29, 0.717) is 24.2 Å². The number of benzene rings is 3. The summed E-state index contributed by atoms with van der Waals surface area (Å²) in [7, 11) is 0. The Balaban J connectivity index is 1.53. The first-order valence-electron chi connectivity index (χ1n) is 9.70. The Morgan fingerprint density at radius 1 is 0.839 bits per heavy atom. The van der Waals surface area contributed by atoms with Gasteiger partial charge in [-0.15, -0.1) is 0 Å². The molecule has 0 saturated heterocycles. The molecule has 158 valence electrons. The first kappa shape index (κ1) is 21.6. The number of carbonyl (C=O) groups is 3. The highest BCUT2D eigenvalue weighted by Crippen LogP contribution is 2.15. The first-order chi connectivity index (χ1) is 15.0. The van der Waals surface area contributed by atoms with Crippen LogP contribution in [0.2, 0.25) is 0 Å². The van der Waals surface area contributed by atoms with E-state index in [1.165, 1.54) is 24.3 Å². The Morgan fingerprint density at radius 3 is 2.26 bits per heavy atom. The zero-order chi connectivity index (χ0) is 22.1. The number of hydrogen-bond acceptors (Lipinski definition) is 5. The summed E-state index contributed by atoms with van der Waals surface area (Å²) < 4.78 is 4.98. The van der Waals surface area contributed by atoms with Crippen molar-refractivity contribution in [3.8, 4) is 5.75 Å². The molecule has 3 aromatic rings. The van der Waals surface area contributed by atoms with E-state index in [1.54, 1.807) is 24.3 Å². The highest BCUT2D eigenvalue weighted by molar-refractivity contribution is 6.04. The molecule has 0 spiro atoms. The van der Waals surface area contributed by atoms with Crippen molar-refractivity contribution in [1.82, 2.24) is 5.32 Å². The molecular weight excluding hydrogens is 396 g/mol. The van der Waals surface area contributed by atoms with Crippen LogP contribution in [0.5, 0.6) is 5.75 Å². The van der Waals surface area contributed by atoms with Crippen molar-refractivity contribution in [2.45, 2.75) is 6.42 Å². The molecule has 0 saturated carbocycles. The van der Waals surface area contributed by atoms with E-state index in [9.17, 15) is 19.5 Å². The highest BCUT2D eigenvalue weighted by Gasteiger charge is 2.15. The summed E-state index contributed by atoms with van der Waals surface area (Å²) in [5.74, 6) is -1.56. The number of rotatable bonds is 8. The lowest BCUT2D eigenvalue weighted by Crippen LogP contribution is -2.28. The summed E-state index contributed by atoms with van der Waals surface area (Å²) in [4.78, 5) is 36.7. The molecule has 0 heterocycles. The van der Waals surface area contributed by atoms with Gasteiger partial charge in [-0.25, -0.2) is 4.79 Å². The monoisotopic (exact) mass is 418 g/mol. The maximum Gasteiger partial charge on any atom is 0.338 e. The fraction of sp³-hybridized carbons (Fsp3) is 0.125. The van der Waals surface area contributed by atoms with Crippen LogP contribution in [0.15, 0.2) is 78.9 Å². The van der Waals surface area contributed by atoms with Gasteiger partial charge in [-0.05, 0) is 48.4 Å². The van der Waals surface area contributed by atoms with Crippen molar-refractivity contribution in [3.05, 3.63) is 95.6 Å². The van der Waals surface area contributed by atoms with Gasteiger partial charge in [0, 0.05) is 6.54 Å². The molecule has 0 aliphatic rings. The van der Waals surface area contributed by atoms with Crippen LogP contribution in [-0.4, -0.2) is 36.0 Å². The Bertz CT molecular complexity index is 1050. The van der Waals surface area contributed by atoms with Gasteiger partial charge in [0.15, 0.2) is 6.61 Å². The van der Waals surface area contributed by atoms with Crippen LogP contribution in [0.1, 0.15) is 26.3 Å². The second-order valence-electron chi connectivity index (χ2n) is 6.71. The van der Waals surface area contributed by atoms with Crippen molar-refractivity contribution >= 4 is 23.5 Å². The number of nitrogens with one attached hydrogen (secondary N) is 2. The number of ether oxygens (including phenoxy) is 1. The molecule has 0 aromatic heterocycles. The smallest absolute Gasteiger partial charge is 0.338 e. The number of phenols is 1. The third kappa shape index (κ3) is 6.43. The number of carbonyl (C=O) groups excluding carboxylic acids is 3. The number of hydrogen-bond donors (Lipinski definition) is 3. The Morgan fingerprint density at radius 2 is 1.52 bits per heavy atom. The molecule has 3 rings (SSSR count). The number of amides is 2. The van der Waals surface area contributed by atoms with Crippen molar-refractivity contribution in [2.75, 3.05) is 18.5 Å². The minimum atomic E-state index is -0.693. The Labute approximate surface area is 179 Å². The lowest BCUT2D eigenvalue weighted by molar-refractivity contribution is -0.119. The minimum Gasteiger partial charge on any atom is -0.508 e. The number of para-hydroxylation sites is 1. The Hall–Kier alpha value is -4.13. The predicted molar refractivity (Wildman–Crippen MR) is 116 cm³/mol. The average molecular weight is 418 g/mol. The van der Waals surface area contributed by atoms with Gasteiger partial charge in [-0.2, -0.15) is 0 Å². The van der Waals surface area contributed by atoms with Crippen molar-refractivity contribution in [3.63, 3.8) is 0 Å². The van der Waals surface area contributed by atoms with E-state index >= 15 is 0 Å². The topological polar surface area (TPSA) is 105 Å². The molecule has 0 atom stereocenters. The van der Waals surface area contributed by atoms with Crippen LogP contribution < -0.4 is 10.6 Å². The third-order valence-electron chi connectivity index (χ3n) is 4.43. The van der Waals surface area contributed by atoms with Gasteiger partial charge < -0.3 is 20.5 Å². The molecular formula is C24H22N2O5. The number of aromatic hydroxyl groups is 1. The van der Waals surface area contributed by atoms with Crippen LogP contribution in [0.3, 0.4) is 0 Å². The molecule has 7 nitrogen and oxygen atoms in total. The van der Waals surface area contributed by atoms with Gasteiger partial charge in [0.2, 0.25) is 0 Å². The summed E-state index contributed by atoms with van der Waals surface area (Å²) >= 11 is 0. The molecule has 3 aromatic carbocycles. The van der Waals surface area contributed by atoms with E-state index in [4.69, 9.17) is 4.74 Å². The lowest BCUT2D eigenvalue weighted by atomic mass is 10.1. The maximum atomic E-state index is 12.5. The fourth-order valence-electron chi connectivity index (χ4n) is 2.85. The second-order valence-corrected chi connectivity index (χ2v) is 6.71. The summed E-state index contributed by atoms with van der Waals surface area (Å²) in [5.41, 5.74) is 1.96. The van der Waals surface area contributed by atoms with Gasteiger partial charge in [-0.1, -0.05) is 42.5 Å². The third-order valence-corrected chi connectivity index (χ3v) is 4.43. The number of anilines is 1. The second kappa shape index (κ2) is 10.6. The standard InChI is InChI=1S/C24H22N2O5/c27-19-12-10-18(11-13-19)24(30)31-16-22(28)26-21-9-5-4-8-20(21)23(29)25-15-14-17-6-2-1-3-7-17/h1-13,27H,14-16H2,(H,25,29)(H,26,28). The Kier molecular flexibility index (Phi) is 7.37. The number of esters is 1. The largest absolute Gasteiger partial charge is 0.508 e. The minimum absolute atomic E-state index is 0.0212. The molecule has 31 heavy (non-hydrogen) atoms. The lowest BCUT2D eigenvalue weighted by Gasteiger charge is -2.12. The zero-order valence-corrected chi connectivity index (χ0v) is 16.7. The van der Waals surface area contributed by atoms with Gasteiger partial charge in [-0.3, -0.25) is 9.59 Å². The van der Waals surface area contributed by atoms with Gasteiger partial charge in [0.1, 0.15) is 5.75 Å². The highest BCUT2D eigenvalue weighted by atomic mass is 16.5. The quantitative estimate of drug-likeness (QED) is 0.488. The van der Waals surface area contributed by atoms with Crippen LogP contribution in [0.25, 0.3) is 0 Å². The van der Waals surface area contributed by atoms with E-state index < -0.39 is 18.5 Å². The van der Waals surface area contributed by atoms with Gasteiger partial charge in [0.25, 0.3) is 11.8 Å². The van der Waals surface area contributed by atoms with Gasteiger partial charge in [0.05, 0.1) is 16.8 Å². The van der Waals surface area contributed by atoms with Crippen LogP contribution in [0.4, 0.5) is 5.69 Å². The number of phenolic OH excluding ortho intramolecular Hbond substituents is 1. The van der Waals surface area contributed by atoms with Crippen LogP contribution >= 0.6 is 0 Å². The maximum absolute atomic E-state index is 12.5. The molecule has 0 bridgehead atoms. The predicted octanol–water partition coefficient (Wildman–Crippen LogP) is 3.16. The molecule has 0 unspecified atom stereocenters. The molecule has 2 amide bonds. The van der Waals surface area contributed by atoms with E-state index in [-0.39, 0.29) is 17.2 Å². The fourth-order valence-corrected chi connectivity index (χ4v) is 2.85. The van der Waals surface area contributed by atoms with E-state index in [1.807, 2.05) is 30.3 Å². The summed E-state index contributed by atoms with van der Waals surface area (Å²) in [6.07, 6.45) is 0.689. The van der Waals surface area contributed by atoms with E-state index in [2.05, 4.69) is 10.6 Å². The normalized spacial score (nSPS) is 10.2. The molecule has 0 fully saturated rings. The van der Waals surface area contributed by atoms with Gasteiger partial charge >= 0.3 is 5.97 Å². The molecule has 0 radical (unpaired) electrons. The van der Waals surface area contributed by atoms with E-state index in [0.717, 1.165) is 5.56 Å². The van der Waals surface area contributed by atoms with Crippen LogP contribution in [-0.2, 0) is 16.0 Å². The van der Waals surface area contributed by atoms with Crippen molar-refractivity contribution < 1.29 is 24.2 Å². The molecule has 0 aliphatic carbocycles. The summed E-state index contributed by atoms with van der Waals surface area (Å²) in [6, 6.07) is 21.9. The molecule has 7 heteroatoms. The molecule has 3 N–H and O–H groups in total. The SMILES string of the molecule is O=C(COC(=O)c1ccc(O)cc1)Nc1ccccc1C(=O)NCCc1ccccc1. The summed E-state index contributed by atoms with van der Waals surface area (Å²) in [5, 5.41) is 14.7. The summed E-state index contributed by atoms with van der Waals surface area (Å²) in [6.45, 7) is -0.0565. The first-order valence-corrected chi connectivity index (χ1v) is 9.70. The zero-order valence-electron chi connectivity index (χ0n) is 16.7. The molecule has 0 aliphatic heterocycles. The average Bonchev–Trinajstić information content (AvgIpc) is 2.79. The van der Waals surface area contributed by atoms with Crippen LogP contribution in [0, 0.1) is 0 Å². The van der Waals surface area contributed by atoms with Crippen molar-refractivity contribution in [1.29, 1.82) is 0 Å². The van der Waals surface area contributed by atoms with Crippen molar-refractivity contribution in [2.24, 2.45) is 0 Å².